The van der Waals surface area contributed by atoms with E-state index in [0.29, 0.717) is 33.0 Å². The Balaban J connectivity index is -0.000000332. The largest absolute Gasteiger partial charge is 0.550 e. The maximum atomic E-state index is 11.5. The van der Waals surface area contributed by atoms with E-state index in [9.17, 15) is 14.4 Å². The number of quaternary nitrogens is 1. The monoisotopic (exact) mass is 650 g/mol. The molecule has 2 atom stereocenters. The number of rotatable bonds is 19. The summed E-state index contributed by atoms with van der Waals surface area (Å²) >= 11 is 0. The lowest BCUT2D eigenvalue weighted by Crippen LogP contribution is -2.65. The van der Waals surface area contributed by atoms with E-state index in [1.807, 2.05) is 0 Å². The first kappa shape index (κ1) is 47.9. The molecule has 0 radical (unpaired) electrons. The predicted molar refractivity (Wildman–Crippen MR) is 151 cm³/mol. The van der Waals surface area contributed by atoms with E-state index in [2.05, 4.69) is 20.5 Å². The number of aliphatic hydroxyl groups is 2. The zero-order valence-electron chi connectivity index (χ0n) is 26.0. The molecule has 44 heavy (non-hydrogen) atoms. The van der Waals surface area contributed by atoms with Crippen molar-refractivity contribution >= 4 is 24.4 Å². The quantitative estimate of drug-likeness (QED) is 0.0703. The van der Waals surface area contributed by atoms with Gasteiger partial charge in [0.15, 0.2) is 0 Å². The van der Waals surface area contributed by atoms with Gasteiger partial charge in [-0.3, -0.25) is 0 Å². The van der Waals surface area contributed by atoms with Crippen molar-refractivity contribution < 1.29 is 82.9 Å². The van der Waals surface area contributed by atoms with Gasteiger partial charge in [0.1, 0.15) is 38.1 Å². The molecule has 0 spiro atoms. The van der Waals surface area contributed by atoms with Gasteiger partial charge in [0, 0.05) is 20.2 Å². The number of carbonyl (C=O) groups is 4. The molecule has 264 valence electrons. The third-order valence-electron chi connectivity index (χ3n) is 3.80. The zero-order valence-corrected chi connectivity index (χ0v) is 26.0. The number of carbonyl (C=O) groups excluding carboxylic acids is 4. The lowest BCUT2D eigenvalue weighted by atomic mass is 10.2. The number of nitrogens with one attached hydrogen (secondary N) is 1. The fourth-order valence-electron chi connectivity index (χ4n) is 1.96. The highest BCUT2D eigenvalue weighted by Crippen LogP contribution is 2.06. The summed E-state index contributed by atoms with van der Waals surface area (Å²) in [5.41, 5.74) is 2.88. The number of hydrogen-bond acceptors (Lipinski definition) is 16. The molecule has 0 saturated carbocycles. The number of amides is 1. The van der Waals surface area contributed by atoms with Gasteiger partial charge in [0.05, 0.1) is 58.9 Å². The van der Waals surface area contributed by atoms with Gasteiger partial charge in [0.2, 0.25) is 0 Å². The van der Waals surface area contributed by atoms with E-state index in [4.69, 9.17) is 53.3 Å². The summed E-state index contributed by atoms with van der Waals surface area (Å²) in [6.07, 6.45) is -2.40. The van der Waals surface area contributed by atoms with Crippen LogP contribution in [0.25, 0.3) is 0 Å². The SMILES string of the molecule is C.CC(=O)[O-].COCCOCCOC(=O)OCC(CO)NC(=O)OC(C)(C)C.COCCOCCOC(=O)OCC([NH3+])CO. The molecule has 0 aliphatic carbocycles. The highest BCUT2D eigenvalue weighted by Gasteiger charge is 2.20. The lowest BCUT2D eigenvalue weighted by molar-refractivity contribution is -0.430. The minimum Gasteiger partial charge on any atom is -0.550 e. The molecule has 0 aliphatic heterocycles. The number of carboxylic acid groups (broad SMARTS) is 1. The third kappa shape index (κ3) is 43.5. The van der Waals surface area contributed by atoms with Crippen LogP contribution < -0.4 is 16.2 Å². The minimum absolute atomic E-state index is 0. The van der Waals surface area contributed by atoms with Crippen molar-refractivity contribution in [2.24, 2.45) is 0 Å². The summed E-state index contributed by atoms with van der Waals surface area (Å²) in [6.45, 7) is 7.87. The Hall–Kier alpha value is -3.00. The van der Waals surface area contributed by atoms with Crippen LogP contribution in [0.15, 0.2) is 0 Å². The zero-order chi connectivity index (χ0) is 33.5. The summed E-state index contributed by atoms with van der Waals surface area (Å²) in [7, 11) is 3.13. The lowest BCUT2D eigenvalue weighted by Gasteiger charge is -2.22. The molecule has 0 aromatic rings. The molecule has 0 aromatic heterocycles. The third-order valence-corrected chi connectivity index (χ3v) is 3.80. The highest BCUT2D eigenvalue weighted by molar-refractivity contribution is 5.68. The molecule has 0 bridgehead atoms. The van der Waals surface area contributed by atoms with Crippen molar-refractivity contribution in [2.75, 3.05) is 93.5 Å². The van der Waals surface area contributed by atoms with Gasteiger partial charge in [-0.25, -0.2) is 14.4 Å². The van der Waals surface area contributed by atoms with E-state index in [-0.39, 0.29) is 53.1 Å². The van der Waals surface area contributed by atoms with Crippen LogP contribution in [0.1, 0.15) is 35.1 Å². The predicted octanol–water partition coefficient (Wildman–Crippen LogP) is -1.51. The topological polar surface area (TPSA) is 255 Å². The van der Waals surface area contributed by atoms with Crippen LogP contribution in [0.4, 0.5) is 14.4 Å². The van der Waals surface area contributed by atoms with Gasteiger partial charge >= 0.3 is 18.4 Å². The van der Waals surface area contributed by atoms with Gasteiger partial charge in [-0.2, -0.15) is 0 Å². The van der Waals surface area contributed by atoms with Crippen molar-refractivity contribution in [3.05, 3.63) is 0 Å². The fraction of sp³-hybridized carbons (Fsp3) is 0.846. The van der Waals surface area contributed by atoms with Crippen molar-refractivity contribution in [1.29, 1.82) is 0 Å². The van der Waals surface area contributed by atoms with Crippen LogP contribution >= 0.6 is 0 Å². The Labute approximate surface area is 259 Å². The van der Waals surface area contributed by atoms with Crippen LogP contribution in [-0.2, 0) is 47.4 Å². The first-order chi connectivity index (χ1) is 20.2. The van der Waals surface area contributed by atoms with Gasteiger partial charge < -0.3 is 73.8 Å². The van der Waals surface area contributed by atoms with Crippen molar-refractivity contribution in [3.8, 4) is 0 Å². The molecular weight excluding hydrogens is 596 g/mol. The number of alkyl carbamates (subject to hydrolysis) is 1. The average Bonchev–Trinajstić information content (AvgIpc) is 2.92. The molecule has 0 aliphatic rings. The van der Waals surface area contributed by atoms with Crippen molar-refractivity contribution in [1.82, 2.24) is 5.32 Å². The van der Waals surface area contributed by atoms with E-state index in [0.717, 1.165) is 6.92 Å². The molecule has 0 saturated heterocycles. The maximum absolute atomic E-state index is 11.5. The molecule has 0 aromatic carbocycles. The summed E-state index contributed by atoms with van der Waals surface area (Å²) in [5.74, 6) is -1.08. The molecular formula is C26H54N2O16. The van der Waals surface area contributed by atoms with E-state index in [1.165, 1.54) is 0 Å². The van der Waals surface area contributed by atoms with E-state index < -0.39 is 42.6 Å². The number of carboxylic acids is 1. The van der Waals surface area contributed by atoms with Crippen LogP contribution in [0, 0.1) is 0 Å². The van der Waals surface area contributed by atoms with E-state index in [1.54, 1.807) is 35.0 Å². The molecule has 0 fully saturated rings. The van der Waals surface area contributed by atoms with Crippen LogP contribution in [-0.4, -0.2) is 146 Å². The van der Waals surface area contributed by atoms with Crippen LogP contribution in [0.5, 0.6) is 0 Å². The van der Waals surface area contributed by atoms with Gasteiger partial charge in [0.25, 0.3) is 0 Å². The van der Waals surface area contributed by atoms with Crippen LogP contribution in [0.2, 0.25) is 0 Å². The normalized spacial score (nSPS) is 11.5. The molecule has 0 heterocycles. The van der Waals surface area contributed by atoms with Gasteiger partial charge in [-0.15, -0.1) is 0 Å². The Bertz CT molecular complexity index is 702. The molecule has 18 nitrogen and oxygen atoms in total. The molecule has 6 N–H and O–H groups in total. The van der Waals surface area contributed by atoms with Gasteiger partial charge in [-0.1, -0.05) is 7.43 Å². The maximum Gasteiger partial charge on any atom is 0.508 e. The summed E-state index contributed by atoms with van der Waals surface area (Å²) in [4.78, 5) is 42.7. The number of ether oxygens (including phenoxy) is 9. The second-order valence-corrected chi connectivity index (χ2v) is 9.10. The number of aliphatic hydroxyl groups excluding tert-OH is 2. The smallest absolute Gasteiger partial charge is 0.508 e. The Morgan fingerprint density at radius 2 is 1.16 bits per heavy atom. The van der Waals surface area contributed by atoms with Crippen molar-refractivity contribution in [3.63, 3.8) is 0 Å². The van der Waals surface area contributed by atoms with Gasteiger partial charge in [-0.05, 0) is 27.7 Å². The first-order valence-electron chi connectivity index (χ1n) is 13.2. The molecule has 2 unspecified atom stereocenters. The van der Waals surface area contributed by atoms with Crippen LogP contribution in [0.3, 0.4) is 0 Å². The number of methoxy groups -OCH3 is 2. The Kier molecular flexibility index (Phi) is 35.8. The highest BCUT2D eigenvalue weighted by atomic mass is 16.7. The average molecular weight is 651 g/mol. The standard InChI is InChI=1S/C14H27NO8.C9H19NO6.C2H4O2.CH4/c1-14(2,3)23-12(17)15-11(9-16)10-22-13(18)21-8-7-20-6-5-19-4;1-13-2-3-14-4-5-15-9(12)16-7-8(10)6-11;1-2(3)4;/h11,16H,5-10H2,1-4H3,(H,15,17);8,11H,2-7,10H2,1H3;1H3,(H,3,4);1H4. The second kappa shape index (κ2) is 32.9. The number of hydrogen-bond donors (Lipinski definition) is 4. The van der Waals surface area contributed by atoms with Crippen molar-refractivity contribution in [2.45, 2.75) is 52.8 Å². The fourth-order valence-corrected chi connectivity index (χ4v) is 1.96. The van der Waals surface area contributed by atoms with E-state index >= 15 is 0 Å². The molecule has 18 heteroatoms. The first-order valence-corrected chi connectivity index (χ1v) is 13.2. The summed E-state index contributed by atoms with van der Waals surface area (Å²) < 4.78 is 43.6. The molecule has 1 amide bonds. The minimum atomic E-state index is -1.08. The molecule has 0 rings (SSSR count). The summed E-state index contributed by atoms with van der Waals surface area (Å²) in [6, 6.07) is -1.11. The number of aliphatic carboxylic acids is 1. The Morgan fingerprint density at radius 3 is 1.52 bits per heavy atom. The summed E-state index contributed by atoms with van der Waals surface area (Å²) in [5, 5.41) is 29.0. The Morgan fingerprint density at radius 1 is 0.750 bits per heavy atom. The second-order valence-electron chi connectivity index (χ2n) is 9.10.